The van der Waals surface area contributed by atoms with Gasteiger partial charge in [-0.3, -0.25) is 4.79 Å². The summed E-state index contributed by atoms with van der Waals surface area (Å²) in [6.45, 7) is 0. The Morgan fingerprint density at radius 2 is 1.83 bits per heavy atom. The Hall–Kier alpha value is -2.14. The number of benzene rings is 1. The Morgan fingerprint density at radius 1 is 1.17 bits per heavy atom. The number of hydrogen-bond donors (Lipinski definition) is 2. The fraction of sp³-hybridized carbons (Fsp3) is 0.0833. The van der Waals surface area contributed by atoms with E-state index in [1.54, 1.807) is 31.3 Å². The van der Waals surface area contributed by atoms with E-state index in [4.69, 9.17) is 11.6 Å². The van der Waals surface area contributed by atoms with Gasteiger partial charge in [-0.25, -0.2) is 9.97 Å². The van der Waals surface area contributed by atoms with E-state index in [0.717, 1.165) is 0 Å². The zero-order valence-electron chi connectivity index (χ0n) is 9.64. The van der Waals surface area contributed by atoms with Gasteiger partial charge in [0.2, 0.25) is 0 Å². The third kappa shape index (κ3) is 2.75. The van der Waals surface area contributed by atoms with Crippen LogP contribution < -0.4 is 10.6 Å². The molecule has 92 valence electrons. The topological polar surface area (TPSA) is 66.9 Å². The van der Waals surface area contributed by atoms with Gasteiger partial charge in [-0.05, 0) is 24.3 Å². The molecule has 18 heavy (non-hydrogen) atoms. The van der Waals surface area contributed by atoms with Crippen molar-refractivity contribution >= 4 is 29.0 Å². The number of carbonyl (C=O) groups is 1. The summed E-state index contributed by atoms with van der Waals surface area (Å²) >= 11 is 5.77. The summed E-state index contributed by atoms with van der Waals surface area (Å²) in [5, 5.41) is 6.15. The van der Waals surface area contributed by atoms with Crippen molar-refractivity contribution in [1.82, 2.24) is 9.97 Å². The standard InChI is InChI=1S/C12H11ClN4O/c1-14-11-10(15-6-7-16-11)12(18)17-9-4-2-8(13)3-5-9/h2-7H,1H3,(H,14,16)(H,17,18). The maximum absolute atomic E-state index is 12.0. The summed E-state index contributed by atoms with van der Waals surface area (Å²) in [6.07, 6.45) is 2.99. The molecule has 0 saturated heterocycles. The lowest BCUT2D eigenvalue weighted by Gasteiger charge is -2.07. The van der Waals surface area contributed by atoms with Crippen LogP contribution in [0.25, 0.3) is 0 Å². The SMILES string of the molecule is CNc1nccnc1C(=O)Nc1ccc(Cl)cc1. The van der Waals surface area contributed by atoms with E-state index in [-0.39, 0.29) is 11.6 Å². The first-order valence-electron chi connectivity index (χ1n) is 5.26. The molecule has 1 heterocycles. The molecule has 0 saturated carbocycles. The quantitative estimate of drug-likeness (QED) is 0.892. The molecule has 0 bridgehead atoms. The summed E-state index contributed by atoms with van der Waals surface area (Å²) < 4.78 is 0. The van der Waals surface area contributed by atoms with Crippen LogP contribution >= 0.6 is 11.6 Å². The van der Waals surface area contributed by atoms with Gasteiger partial charge in [-0.2, -0.15) is 0 Å². The molecule has 0 fully saturated rings. The van der Waals surface area contributed by atoms with Gasteiger partial charge in [0.05, 0.1) is 0 Å². The number of aromatic nitrogens is 2. The molecule has 0 spiro atoms. The number of halogens is 1. The summed E-state index contributed by atoms with van der Waals surface area (Å²) in [6, 6.07) is 6.84. The molecule has 2 rings (SSSR count). The Bertz CT molecular complexity index is 556. The lowest BCUT2D eigenvalue weighted by atomic mass is 10.3. The highest BCUT2D eigenvalue weighted by molar-refractivity contribution is 6.30. The smallest absolute Gasteiger partial charge is 0.278 e. The highest BCUT2D eigenvalue weighted by Gasteiger charge is 2.13. The molecule has 5 nitrogen and oxygen atoms in total. The van der Waals surface area contributed by atoms with Crippen molar-refractivity contribution in [3.63, 3.8) is 0 Å². The van der Waals surface area contributed by atoms with Gasteiger partial charge in [0.15, 0.2) is 11.5 Å². The minimum Gasteiger partial charge on any atom is -0.371 e. The second-order valence-corrected chi connectivity index (χ2v) is 3.90. The first-order chi connectivity index (χ1) is 8.70. The molecule has 0 atom stereocenters. The van der Waals surface area contributed by atoms with Crippen LogP contribution in [0, 0.1) is 0 Å². The number of carbonyl (C=O) groups excluding carboxylic acids is 1. The van der Waals surface area contributed by atoms with Crippen molar-refractivity contribution in [3.8, 4) is 0 Å². The fourth-order valence-corrected chi connectivity index (χ4v) is 1.54. The number of anilines is 2. The molecule has 2 N–H and O–H groups in total. The van der Waals surface area contributed by atoms with E-state index in [2.05, 4.69) is 20.6 Å². The summed E-state index contributed by atoms with van der Waals surface area (Å²) in [4.78, 5) is 20.0. The largest absolute Gasteiger partial charge is 0.371 e. The number of rotatable bonds is 3. The Balaban J connectivity index is 2.19. The lowest BCUT2D eigenvalue weighted by molar-refractivity contribution is 0.102. The first-order valence-corrected chi connectivity index (χ1v) is 5.64. The summed E-state index contributed by atoms with van der Waals surface area (Å²) in [5.74, 6) is 0.110. The monoisotopic (exact) mass is 262 g/mol. The Morgan fingerprint density at radius 3 is 2.50 bits per heavy atom. The molecule has 2 aromatic rings. The zero-order chi connectivity index (χ0) is 13.0. The van der Waals surface area contributed by atoms with E-state index in [9.17, 15) is 4.79 Å². The molecule has 0 aliphatic carbocycles. The van der Waals surface area contributed by atoms with Gasteiger partial charge in [0.25, 0.3) is 5.91 Å². The molecular formula is C12H11ClN4O. The van der Waals surface area contributed by atoms with E-state index in [1.807, 2.05) is 0 Å². The third-order valence-corrected chi connectivity index (χ3v) is 2.50. The van der Waals surface area contributed by atoms with Crippen molar-refractivity contribution in [1.29, 1.82) is 0 Å². The highest BCUT2D eigenvalue weighted by Crippen LogP contribution is 2.15. The van der Waals surface area contributed by atoms with Crippen LogP contribution in [-0.2, 0) is 0 Å². The van der Waals surface area contributed by atoms with Gasteiger partial charge < -0.3 is 10.6 Å². The predicted octanol–water partition coefficient (Wildman–Crippen LogP) is 2.42. The Kier molecular flexibility index (Phi) is 3.74. The molecule has 1 amide bonds. The van der Waals surface area contributed by atoms with Gasteiger partial charge in [0.1, 0.15) is 0 Å². The lowest BCUT2D eigenvalue weighted by Crippen LogP contribution is -2.16. The van der Waals surface area contributed by atoms with E-state index in [1.165, 1.54) is 12.4 Å². The molecule has 0 radical (unpaired) electrons. The van der Waals surface area contributed by atoms with Crippen molar-refractivity contribution in [2.75, 3.05) is 17.7 Å². The van der Waals surface area contributed by atoms with Crippen molar-refractivity contribution in [2.24, 2.45) is 0 Å². The van der Waals surface area contributed by atoms with Gasteiger partial charge >= 0.3 is 0 Å². The first kappa shape index (κ1) is 12.3. The molecule has 6 heteroatoms. The average Bonchev–Trinajstić information content (AvgIpc) is 2.41. The molecule has 0 unspecified atom stereocenters. The van der Waals surface area contributed by atoms with Crippen LogP contribution in [0.1, 0.15) is 10.5 Å². The zero-order valence-corrected chi connectivity index (χ0v) is 10.4. The second-order valence-electron chi connectivity index (χ2n) is 3.46. The molecule has 0 aliphatic heterocycles. The molecular weight excluding hydrogens is 252 g/mol. The van der Waals surface area contributed by atoms with Crippen molar-refractivity contribution in [2.45, 2.75) is 0 Å². The number of amides is 1. The molecule has 0 aliphatic rings. The maximum atomic E-state index is 12.0. The Labute approximate surface area is 109 Å². The van der Waals surface area contributed by atoms with Gasteiger partial charge in [-0.15, -0.1) is 0 Å². The van der Waals surface area contributed by atoms with Gasteiger partial charge in [-0.1, -0.05) is 11.6 Å². The van der Waals surface area contributed by atoms with Crippen LogP contribution in [0.5, 0.6) is 0 Å². The number of nitrogens with zero attached hydrogens (tertiary/aromatic N) is 2. The van der Waals surface area contributed by atoms with Crippen LogP contribution in [-0.4, -0.2) is 22.9 Å². The number of nitrogens with one attached hydrogen (secondary N) is 2. The summed E-state index contributed by atoms with van der Waals surface area (Å²) in [7, 11) is 1.68. The van der Waals surface area contributed by atoms with Crippen LogP contribution in [0.3, 0.4) is 0 Å². The fourth-order valence-electron chi connectivity index (χ4n) is 1.41. The normalized spacial score (nSPS) is 9.89. The average molecular weight is 263 g/mol. The third-order valence-electron chi connectivity index (χ3n) is 2.25. The minimum atomic E-state index is -0.324. The van der Waals surface area contributed by atoms with Crippen molar-refractivity contribution < 1.29 is 4.79 Å². The number of hydrogen-bond acceptors (Lipinski definition) is 4. The predicted molar refractivity (Wildman–Crippen MR) is 71.0 cm³/mol. The van der Waals surface area contributed by atoms with Crippen molar-refractivity contribution in [3.05, 3.63) is 47.4 Å². The maximum Gasteiger partial charge on any atom is 0.278 e. The van der Waals surface area contributed by atoms with Gasteiger partial charge in [0, 0.05) is 30.2 Å². The van der Waals surface area contributed by atoms with Crippen LogP contribution in [0.15, 0.2) is 36.7 Å². The molecule has 1 aromatic carbocycles. The van der Waals surface area contributed by atoms with E-state index < -0.39 is 0 Å². The highest BCUT2D eigenvalue weighted by atomic mass is 35.5. The van der Waals surface area contributed by atoms with E-state index >= 15 is 0 Å². The van der Waals surface area contributed by atoms with Crippen LogP contribution in [0.2, 0.25) is 5.02 Å². The van der Waals surface area contributed by atoms with E-state index in [0.29, 0.717) is 16.5 Å². The summed E-state index contributed by atoms with van der Waals surface area (Å²) in [5.41, 5.74) is 0.895. The minimum absolute atomic E-state index is 0.245. The van der Waals surface area contributed by atoms with Crippen LogP contribution in [0.4, 0.5) is 11.5 Å². The molecule has 1 aromatic heterocycles. The second kappa shape index (κ2) is 5.46.